The first-order chi connectivity index (χ1) is 9.15. The van der Waals surface area contributed by atoms with Crippen LogP contribution in [0.2, 0.25) is 0 Å². The number of carbonyl (C=O) groups excluding carboxylic acids is 1. The summed E-state index contributed by atoms with van der Waals surface area (Å²) in [5.41, 5.74) is 2.73. The van der Waals surface area contributed by atoms with Gasteiger partial charge in [-0.25, -0.2) is 10.8 Å². The Hall–Kier alpha value is -1.70. The van der Waals surface area contributed by atoms with E-state index in [2.05, 4.69) is 10.4 Å². The van der Waals surface area contributed by atoms with Crippen LogP contribution in [0.5, 0.6) is 0 Å². The Morgan fingerprint density at radius 3 is 3.16 bits per heavy atom. The molecule has 1 aromatic heterocycles. The van der Waals surface area contributed by atoms with E-state index in [4.69, 9.17) is 15.7 Å². The largest absolute Gasteiger partial charge is 0.394 e. The van der Waals surface area contributed by atoms with Gasteiger partial charge in [0.1, 0.15) is 11.5 Å². The van der Waals surface area contributed by atoms with Crippen molar-refractivity contribution in [3.05, 3.63) is 23.9 Å². The highest BCUT2D eigenvalue weighted by atomic mass is 16.5. The molecule has 1 fully saturated rings. The van der Waals surface area contributed by atoms with Crippen molar-refractivity contribution in [3.63, 3.8) is 0 Å². The van der Waals surface area contributed by atoms with Gasteiger partial charge in [0.2, 0.25) is 0 Å². The molecular weight excluding hydrogens is 248 g/mol. The zero-order valence-corrected chi connectivity index (χ0v) is 10.7. The number of nitrogen functional groups attached to an aromatic ring is 1. The minimum atomic E-state index is -0.337. The molecule has 1 aliphatic rings. The minimum Gasteiger partial charge on any atom is -0.394 e. The van der Waals surface area contributed by atoms with Crippen LogP contribution in [0.25, 0.3) is 0 Å². The number of carbonyl (C=O) groups is 1. The number of nitrogens with zero attached hydrogens (tertiary/aromatic N) is 2. The fraction of sp³-hybridized carbons (Fsp3) is 0.500. The van der Waals surface area contributed by atoms with Crippen LogP contribution < -0.4 is 11.3 Å². The third-order valence-electron chi connectivity index (χ3n) is 3.09. The quantitative estimate of drug-likeness (QED) is 0.508. The number of nitrogens with one attached hydrogen (secondary N) is 1. The minimum absolute atomic E-state index is 0.0495. The Balaban J connectivity index is 2.16. The van der Waals surface area contributed by atoms with Crippen LogP contribution in [-0.4, -0.2) is 52.8 Å². The summed E-state index contributed by atoms with van der Waals surface area (Å²) in [6, 6.07) is 4.98. The van der Waals surface area contributed by atoms with Gasteiger partial charge in [0.05, 0.1) is 25.4 Å². The van der Waals surface area contributed by atoms with Crippen molar-refractivity contribution in [1.29, 1.82) is 0 Å². The predicted molar refractivity (Wildman–Crippen MR) is 69.4 cm³/mol. The first-order valence-corrected chi connectivity index (χ1v) is 6.12. The molecule has 7 nitrogen and oxygen atoms in total. The van der Waals surface area contributed by atoms with Gasteiger partial charge in [-0.1, -0.05) is 6.07 Å². The molecule has 0 aliphatic carbocycles. The fourth-order valence-corrected chi connectivity index (χ4v) is 1.99. The van der Waals surface area contributed by atoms with Crippen molar-refractivity contribution in [2.75, 3.05) is 25.2 Å². The van der Waals surface area contributed by atoms with E-state index in [0.717, 1.165) is 0 Å². The molecule has 0 spiro atoms. The summed E-state index contributed by atoms with van der Waals surface area (Å²) < 4.78 is 5.40. The number of aliphatic hydroxyl groups is 1. The van der Waals surface area contributed by atoms with Gasteiger partial charge in [0.25, 0.3) is 5.91 Å². The molecular formula is C12H18N4O3. The maximum Gasteiger partial charge on any atom is 0.272 e. The molecule has 2 heterocycles. The zero-order valence-electron chi connectivity index (χ0n) is 10.7. The second-order valence-corrected chi connectivity index (χ2v) is 4.50. The van der Waals surface area contributed by atoms with E-state index >= 15 is 0 Å². The highest BCUT2D eigenvalue weighted by molar-refractivity contribution is 5.93. The third-order valence-corrected chi connectivity index (χ3v) is 3.09. The number of morpholine rings is 1. The third kappa shape index (κ3) is 3.01. The predicted octanol–water partition coefficient (Wildman–Crippen LogP) is -0.411. The molecule has 2 rings (SSSR count). The lowest BCUT2D eigenvalue weighted by atomic mass is 10.1. The van der Waals surface area contributed by atoms with Crippen molar-refractivity contribution < 1.29 is 14.6 Å². The first-order valence-electron chi connectivity index (χ1n) is 6.12. The maximum atomic E-state index is 12.4. The van der Waals surface area contributed by atoms with E-state index < -0.39 is 0 Å². The topological polar surface area (TPSA) is 101 Å². The van der Waals surface area contributed by atoms with Crippen LogP contribution in [0.1, 0.15) is 17.4 Å². The average molecular weight is 266 g/mol. The van der Waals surface area contributed by atoms with Gasteiger partial charge in [-0.3, -0.25) is 4.79 Å². The first kappa shape index (κ1) is 13.7. The van der Waals surface area contributed by atoms with Crippen molar-refractivity contribution >= 4 is 11.7 Å². The number of aliphatic hydroxyl groups excluding tert-OH is 1. The zero-order chi connectivity index (χ0) is 13.8. The standard InChI is InChI=1S/C12H18N4O3/c1-8-7-19-9(6-17)5-16(8)12(18)10-3-2-4-11(14-10)15-13/h2-4,8-9,17H,5-7,13H2,1H3,(H,14,15). The molecule has 4 N–H and O–H groups in total. The molecule has 19 heavy (non-hydrogen) atoms. The molecule has 0 aromatic carbocycles. The number of hydrogen-bond donors (Lipinski definition) is 3. The molecule has 1 amide bonds. The van der Waals surface area contributed by atoms with Crippen LogP contribution in [0, 0.1) is 0 Å². The number of hydrogen-bond acceptors (Lipinski definition) is 6. The Kier molecular flexibility index (Phi) is 4.31. The number of ether oxygens (including phenoxy) is 1. The average Bonchev–Trinajstić information content (AvgIpc) is 2.47. The van der Waals surface area contributed by atoms with Crippen molar-refractivity contribution in [2.45, 2.75) is 19.1 Å². The number of nitrogens with two attached hydrogens (primary N) is 1. The summed E-state index contributed by atoms with van der Waals surface area (Å²) in [6.45, 7) is 2.56. The van der Waals surface area contributed by atoms with E-state index in [1.807, 2.05) is 6.92 Å². The summed E-state index contributed by atoms with van der Waals surface area (Å²) in [4.78, 5) is 18.2. The summed E-state index contributed by atoms with van der Waals surface area (Å²) in [5, 5.41) is 9.12. The van der Waals surface area contributed by atoms with Gasteiger partial charge < -0.3 is 20.2 Å². The molecule has 1 aromatic rings. The maximum absolute atomic E-state index is 12.4. The van der Waals surface area contributed by atoms with Gasteiger partial charge >= 0.3 is 0 Å². The number of rotatable bonds is 3. The number of anilines is 1. The lowest BCUT2D eigenvalue weighted by molar-refractivity contribution is -0.0668. The van der Waals surface area contributed by atoms with Crippen molar-refractivity contribution in [3.8, 4) is 0 Å². The Bertz CT molecular complexity index is 454. The number of aromatic nitrogens is 1. The lowest BCUT2D eigenvalue weighted by Gasteiger charge is -2.37. The Labute approximate surface area is 111 Å². The smallest absolute Gasteiger partial charge is 0.272 e. The Morgan fingerprint density at radius 1 is 1.68 bits per heavy atom. The molecule has 7 heteroatoms. The van der Waals surface area contributed by atoms with Crippen LogP contribution in [0.3, 0.4) is 0 Å². The van der Waals surface area contributed by atoms with Gasteiger partial charge in [-0.2, -0.15) is 0 Å². The van der Waals surface area contributed by atoms with E-state index in [-0.39, 0.29) is 24.7 Å². The fourth-order valence-electron chi connectivity index (χ4n) is 1.99. The van der Waals surface area contributed by atoms with E-state index in [9.17, 15) is 4.79 Å². The van der Waals surface area contributed by atoms with Gasteiger partial charge in [0.15, 0.2) is 0 Å². The summed E-state index contributed by atoms with van der Waals surface area (Å²) in [7, 11) is 0. The number of pyridine rings is 1. The van der Waals surface area contributed by atoms with E-state index in [1.165, 1.54) is 0 Å². The van der Waals surface area contributed by atoms with E-state index in [0.29, 0.717) is 24.7 Å². The van der Waals surface area contributed by atoms with Gasteiger partial charge in [-0.15, -0.1) is 0 Å². The van der Waals surface area contributed by atoms with Crippen molar-refractivity contribution in [1.82, 2.24) is 9.88 Å². The Morgan fingerprint density at radius 2 is 2.47 bits per heavy atom. The highest BCUT2D eigenvalue weighted by Crippen LogP contribution is 2.15. The second kappa shape index (κ2) is 5.96. The molecule has 1 saturated heterocycles. The SMILES string of the molecule is CC1COC(CO)CN1C(=O)c1cccc(NN)n1. The van der Waals surface area contributed by atoms with Crippen LogP contribution in [0.15, 0.2) is 18.2 Å². The highest BCUT2D eigenvalue weighted by Gasteiger charge is 2.30. The van der Waals surface area contributed by atoms with Gasteiger partial charge in [-0.05, 0) is 19.1 Å². The summed E-state index contributed by atoms with van der Waals surface area (Å²) in [6.07, 6.45) is -0.337. The molecule has 0 bridgehead atoms. The monoisotopic (exact) mass is 266 g/mol. The number of hydrazine groups is 1. The van der Waals surface area contributed by atoms with E-state index in [1.54, 1.807) is 23.1 Å². The van der Waals surface area contributed by atoms with Gasteiger partial charge in [0, 0.05) is 6.54 Å². The molecule has 0 radical (unpaired) electrons. The summed E-state index contributed by atoms with van der Waals surface area (Å²) in [5.74, 6) is 5.52. The lowest BCUT2D eigenvalue weighted by Crippen LogP contribution is -2.52. The molecule has 0 saturated carbocycles. The second-order valence-electron chi connectivity index (χ2n) is 4.50. The molecule has 2 unspecified atom stereocenters. The molecule has 2 atom stereocenters. The normalized spacial score (nSPS) is 23.2. The number of amides is 1. The molecule has 1 aliphatic heterocycles. The van der Waals surface area contributed by atoms with Crippen molar-refractivity contribution in [2.24, 2.45) is 5.84 Å². The molecule has 104 valence electrons. The van der Waals surface area contributed by atoms with Crippen LogP contribution in [0.4, 0.5) is 5.82 Å². The van der Waals surface area contributed by atoms with Crippen LogP contribution in [-0.2, 0) is 4.74 Å². The summed E-state index contributed by atoms with van der Waals surface area (Å²) >= 11 is 0. The van der Waals surface area contributed by atoms with Crippen LogP contribution >= 0.6 is 0 Å².